The van der Waals surface area contributed by atoms with Crippen LogP contribution in [0.1, 0.15) is 33.1 Å². The van der Waals surface area contributed by atoms with Crippen molar-refractivity contribution in [2.45, 2.75) is 51.4 Å². The van der Waals surface area contributed by atoms with Crippen molar-refractivity contribution < 1.29 is 38.5 Å². The van der Waals surface area contributed by atoms with E-state index in [4.69, 9.17) is 14.2 Å². The first-order valence-electron chi connectivity index (χ1n) is 8.70. The first kappa shape index (κ1) is 18.4. The second-order valence-electron chi connectivity index (χ2n) is 7.34. The fourth-order valence-electron chi connectivity index (χ4n) is 4.36. The molecule has 2 bridgehead atoms. The summed E-state index contributed by atoms with van der Waals surface area (Å²) in [6.45, 7) is 6.68. The van der Waals surface area contributed by atoms with Crippen LogP contribution in [0.3, 0.4) is 0 Å². The Balaban J connectivity index is 1.55. The number of rotatable bonds is 7. The van der Waals surface area contributed by atoms with Crippen LogP contribution in [0.25, 0.3) is 0 Å². The highest BCUT2D eigenvalue weighted by Gasteiger charge is 2.69. The molecular formula is C18H22O8. The van der Waals surface area contributed by atoms with E-state index in [0.717, 1.165) is 0 Å². The van der Waals surface area contributed by atoms with E-state index in [2.05, 4.69) is 6.58 Å². The summed E-state index contributed by atoms with van der Waals surface area (Å²) >= 11 is 0. The number of ether oxygens (including phenoxy) is 3. The maximum Gasteiger partial charge on any atom is 0.333 e. The predicted octanol–water partition coefficient (Wildman–Crippen LogP) is 1.08. The van der Waals surface area contributed by atoms with Crippen molar-refractivity contribution in [3.05, 3.63) is 12.2 Å². The third-order valence-corrected chi connectivity index (χ3v) is 5.51. The molecular weight excluding hydrogens is 344 g/mol. The zero-order valence-electron chi connectivity index (χ0n) is 14.7. The minimum atomic E-state index is -1.05. The molecule has 0 aromatic carbocycles. The van der Waals surface area contributed by atoms with Gasteiger partial charge < -0.3 is 19.3 Å². The minimum absolute atomic E-state index is 0.0142. The van der Waals surface area contributed by atoms with Gasteiger partial charge in [-0.3, -0.25) is 14.4 Å². The number of carbonyl (C=O) groups excluding carboxylic acids is 3. The van der Waals surface area contributed by atoms with Crippen molar-refractivity contribution in [3.8, 4) is 0 Å². The van der Waals surface area contributed by atoms with Crippen molar-refractivity contribution >= 4 is 23.9 Å². The van der Waals surface area contributed by atoms with Crippen molar-refractivity contribution in [2.75, 3.05) is 0 Å². The molecule has 0 aromatic rings. The Kier molecular flexibility index (Phi) is 4.77. The third kappa shape index (κ3) is 3.08. The molecule has 1 N–H and O–H groups in total. The van der Waals surface area contributed by atoms with Crippen molar-refractivity contribution in [1.82, 2.24) is 0 Å². The van der Waals surface area contributed by atoms with Gasteiger partial charge in [-0.25, -0.2) is 4.79 Å². The Hall–Kier alpha value is -2.38. The van der Waals surface area contributed by atoms with Gasteiger partial charge in [-0.15, -0.1) is 0 Å². The highest BCUT2D eigenvalue weighted by atomic mass is 16.6. The van der Waals surface area contributed by atoms with Crippen LogP contribution in [0.2, 0.25) is 0 Å². The predicted molar refractivity (Wildman–Crippen MR) is 85.6 cm³/mol. The van der Waals surface area contributed by atoms with Gasteiger partial charge in [0.15, 0.2) is 0 Å². The van der Waals surface area contributed by atoms with Crippen LogP contribution in [0.5, 0.6) is 0 Å². The van der Waals surface area contributed by atoms with E-state index in [9.17, 15) is 24.3 Å². The first-order chi connectivity index (χ1) is 12.2. The van der Waals surface area contributed by atoms with Gasteiger partial charge in [0, 0.05) is 23.8 Å². The van der Waals surface area contributed by atoms with E-state index in [0.29, 0.717) is 6.42 Å². The lowest BCUT2D eigenvalue weighted by atomic mass is 9.78. The lowest BCUT2D eigenvalue weighted by Gasteiger charge is -2.29. The number of carboxylic acids is 1. The molecule has 0 spiro atoms. The molecule has 2 aliphatic carbocycles. The highest BCUT2D eigenvalue weighted by molar-refractivity contribution is 5.87. The van der Waals surface area contributed by atoms with Crippen LogP contribution in [-0.4, -0.2) is 47.3 Å². The molecule has 3 fully saturated rings. The highest BCUT2D eigenvalue weighted by Crippen LogP contribution is 2.58. The zero-order valence-corrected chi connectivity index (χ0v) is 14.7. The molecule has 8 heteroatoms. The molecule has 0 aromatic heterocycles. The van der Waals surface area contributed by atoms with E-state index in [1.54, 1.807) is 6.92 Å². The van der Waals surface area contributed by atoms with Crippen LogP contribution in [0.15, 0.2) is 12.2 Å². The topological polar surface area (TPSA) is 116 Å². The normalized spacial score (nSPS) is 34.9. The van der Waals surface area contributed by atoms with Gasteiger partial charge in [0.2, 0.25) is 0 Å². The Morgan fingerprint density at radius 3 is 2.65 bits per heavy atom. The van der Waals surface area contributed by atoms with Gasteiger partial charge in [-0.05, 0) is 26.7 Å². The van der Waals surface area contributed by atoms with Crippen molar-refractivity contribution in [3.63, 3.8) is 0 Å². The number of hydrogen-bond acceptors (Lipinski definition) is 7. The van der Waals surface area contributed by atoms with Gasteiger partial charge in [0.1, 0.15) is 12.2 Å². The Morgan fingerprint density at radius 1 is 1.35 bits per heavy atom. The molecule has 8 nitrogen and oxygen atoms in total. The smallest absolute Gasteiger partial charge is 0.333 e. The molecule has 0 radical (unpaired) electrons. The summed E-state index contributed by atoms with van der Waals surface area (Å²) < 4.78 is 15.8. The molecule has 0 amide bonds. The molecule has 3 aliphatic rings. The second kappa shape index (κ2) is 6.74. The average molecular weight is 366 g/mol. The number of carbonyl (C=O) groups is 4. The lowest BCUT2D eigenvalue weighted by Crippen LogP contribution is -2.43. The number of esters is 3. The minimum Gasteiger partial charge on any atom is -0.481 e. The van der Waals surface area contributed by atoms with Crippen molar-refractivity contribution in [1.29, 1.82) is 0 Å². The third-order valence-electron chi connectivity index (χ3n) is 5.51. The lowest BCUT2D eigenvalue weighted by molar-refractivity contribution is -0.165. The van der Waals surface area contributed by atoms with Gasteiger partial charge >= 0.3 is 23.9 Å². The summed E-state index contributed by atoms with van der Waals surface area (Å²) in [5.41, 5.74) is 0.277. The fraction of sp³-hybridized carbons (Fsp3) is 0.667. The second-order valence-corrected chi connectivity index (χ2v) is 7.34. The van der Waals surface area contributed by atoms with Crippen LogP contribution in [0.4, 0.5) is 0 Å². The quantitative estimate of drug-likeness (QED) is 0.404. The summed E-state index contributed by atoms with van der Waals surface area (Å²) in [4.78, 5) is 47.1. The molecule has 1 saturated heterocycles. The van der Waals surface area contributed by atoms with E-state index in [1.165, 1.54) is 6.92 Å². The van der Waals surface area contributed by atoms with Crippen molar-refractivity contribution in [2.24, 2.45) is 23.7 Å². The number of aliphatic carboxylic acids is 1. The van der Waals surface area contributed by atoms with Crippen LogP contribution in [-0.2, 0) is 33.4 Å². The Labute approximate surface area is 150 Å². The molecule has 1 aliphatic heterocycles. The van der Waals surface area contributed by atoms with Crippen LogP contribution < -0.4 is 0 Å². The summed E-state index contributed by atoms with van der Waals surface area (Å²) in [6, 6.07) is 0. The van der Waals surface area contributed by atoms with Gasteiger partial charge in [-0.2, -0.15) is 0 Å². The largest absolute Gasteiger partial charge is 0.481 e. The maximum absolute atomic E-state index is 12.2. The van der Waals surface area contributed by atoms with Crippen LogP contribution in [0, 0.1) is 23.7 Å². The molecule has 26 heavy (non-hydrogen) atoms. The Morgan fingerprint density at radius 2 is 2.04 bits per heavy atom. The summed E-state index contributed by atoms with van der Waals surface area (Å²) in [5.74, 6) is -4.69. The number of fused-ring (bicyclic) bond motifs is 1. The molecule has 2 saturated carbocycles. The van der Waals surface area contributed by atoms with Gasteiger partial charge in [0.25, 0.3) is 0 Å². The summed E-state index contributed by atoms with van der Waals surface area (Å²) in [5, 5.41) is 9.43. The maximum atomic E-state index is 12.2. The molecule has 1 heterocycles. The van der Waals surface area contributed by atoms with Gasteiger partial charge in [-0.1, -0.05) is 6.58 Å². The average Bonchev–Trinajstić information content (AvgIpc) is 3.16. The number of hydrogen-bond donors (Lipinski definition) is 1. The molecule has 7 unspecified atom stereocenters. The molecule has 142 valence electrons. The number of carboxylic acid groups (broad SMARTS) is 1. The summed E-state index contributed by atoms with van der Waals surface area (Å²) in [7, 11) is 0. The van der Waals surface area contributed by atoms with Crippen LogP contribution >= 0.6 is 0 Å². The van der Waals surface area contributed by atoms with E-state index >= 15 is 0 Å². The Bertz CT molecular complexity index is 668. The van der Waals surface area contributed by atoms with E-state index in [-0.39, 0.29) is 24.3 Å². The standard InChI is InChI=1S/C18H22O8/c1-7(2)17(22)24-8(3)4-5-11(19)25-14-9-6-10-13(12(9)16(20)21)18(23)26-15(10)14/h8-10,12-15H,1,4-6H2,2-3H3,(H,20,21). The van der Waals surface area contributed by atoms with E-state index in [1.807, 2.05) is 0 Å². The molecule has 3 rings (SSSR count). The summed E-state index contributed by atoms with van der Waals surface area (Å²) in [6.07, 6.45) is -0.940. The zero-order chi connectivity index (χ0) is 19.2. The molecule has 7 atom stereocenters. The van der Waals surface area contributed by atoms with E-state index < -0.39 is 59.9 Å². The monoisotopic (exact) mass is 366 g/mol. The first-order valence-corrected chi connectivity index (χ1v) is 8.70. The van der Waals surface area contributed by atoms with Gasteiger partial charge in [0.05, 0.1) is 17.9 Å². The fourth-order valence-corrected chi connectivity index (χ4v) is 4.36. The SMILES string of the molecule is C=C(C)C(=O)OC(C)CCC(=O)OC1C2CC3C1OC(=O)C3C2C(=O)O.